The fourth-order valence-corrected chi connectivity index (χ4v) is 2.39. The molecule has 1 aliphatic heterocycles. The molecular formula is C9H13NS. The Labute approximate surface area is 71.4 Å². The van der Waals surface area contributed by atoms with Crippen molar-refractivity contribution in [2.75, 3.05) is 6.54 Å². The Morgan fingerprint density at radius 2 is 2.55 bits per heavy atom. The predicted molar refractivity (Wildman–Crippen MR) is 49.0 cm³/mol. The van der Waals surface area contributed by atoms with Crippen molar-refractivity contribution in [3.63, 3.8) is 0 Å². The SMILES string of the molecule is CC1(Cc2cccs2)CCN1. The molecular weight excluding hydrogens is 154 g/mol. The summed E-state index contributed by atoms with van der Waals surface area (Å²) in [7, 11) is 0. The second-order valence-electron chi connectivity index (χ2n) is 3.49. The zero-order valence-corrected chi connectivity index (χ0v) is 7.58. The van der Waals surface area contributed by atoms with Gasteiger partial charge in [-0.2, -0.15) is 0 Å². The van der Waals surface area contributed by atoms with Crippen LogP contribution in [0.1, 0.15) is 18.2 Å². The Kier molecular flexibility index (Phi) is 1.74. The van der Waals surface area contributed by atoms with Gasteiger partial charge in [-0.25, -0.2) is 0 Å². The van der Waals surface area contributed by atoms with E-state index in [-0.39, 0.29) is 0 Å². The summed E-state index contributed by atoms with van der Waals surface area (Å²) in [6, 6.07) is 4.35. The zero-order chi connectivity index (χ0) is 7.73. The number of hydrogen-bond donors (Lipinski definition) is 1. The third-order valence-corrected chi connectivity index (χ3v) is 3.25. The first-order valence-electron chi connectivity index (χ1n) is 4.06. The lowest BCUT2D eigenvalue weighted by Gasteiger charge is -2.39. The molecule has 0 radical (unpaired) electrons. The maximum Gasteiger partial charge on any atom is 0.0213 e. The standard InChI is InChI=1S/C9H13NS/c1-9(4-5-10-9)7-8-3-2-6-11-8/h2-3,6,10H,4-5,7H2,1H3. The molecule has 1 unspecified atom stereocenters. The first-order valence-corrected chi connectivity index (χ1v) is 4.94. The van der Waals surface area contributed by atoms with Gasteiger partial charge in [0.05, 0.1) is 0 Å². The van der Waals surface area contributed by atoms with Crippen LogP contribution < -0.4 is 5.32 Å². The summed E-state index contributed by atoms with van der Waals surface area (Å²) < 4.78 is 0. The minimum atomic E-state index is 0.408. The van der Waals surface area contributed by atoms with E-state index < -0.39 is 0 Å². The highest BCUT2D eigenvalue weighted by molar-refractivity contribution is 7.09. The van der Waals surface area contributed by atoms with E-state index in [9.17, 15) is 0 Å². The average Bonchev–Trinajstić information content (AvgIpc) is 2.36. The molecule has 0 aromatic carbocycles. The summed E-state index contributed by atoms with van der Waals surface area (Å²) in [4.78, 5) is 1.50. The highest BCUT2D eigenvalue weighted by Crippen LogP contribution is 2.24. The third kappa shape index (κ3) is 1.47. The lowest BCUT2D eigenvalue weighted by molar-refractivity contribution is 0.233. The van der Waals surface area contributed by atoms with E-state index in [2.05, 4.69) is 29.8 Å². The lowest BCUT2D eigenvalue weighted by atomic mass is 9.86. The predicted octanol–water partition coefficient (Wildman–Crippen LogP) is 2.04. The van der Waals surface area contributed by atoms with Crippen LogP contribution in [0.15, 0.2) is 17.5 Å². The number of rotatable bonds is 2. The first-order chi connectivity index (χ1) is 5.29. The molecule has 1 fully saturated rings. The number of nitrogens with one attached hydrogen (secondary N) is 1. The second-order valence-corrected chi connectivity index (χ2v) is 4.53. The van der Waals surface area contributed by atoms with E-state index in [1.165, 1.54) is 24.3 Å². The van der Waals surface area contributed by atoms with Crippen LogP contribution in [0.2, 0.25) is 0 Å². The number of thiophene rings is 1. The molecule has 1 nitrogen and oxygen atoms in total. The summed E-state index contributed by atoms with van der Waals surface area (Å²) in [5.41, 5.74) is 0.408. The summed E-state index contributed by atoms with van der Waals surface area (Å²) >= 11 is 1.86. The van der Waals surface area contributed by atoms with E-state index in [1.54, 1.807) is 0 Å². The minimum absolute atomic E-state index is 0.408. The van der Waals surface area contributed by atoms with Crippen molar-refractivity contribution >= 4 is 11.3 Å². The van der Waals surface area contributed by atoms with E-state index in [0.29, 0.717) is 5.54 Å². The lowest BCUT2D eigenvalue weighted by Crippen LogP contribution is -2.55. The molecule has 2 rings (SSSR count). The van der Waals surface area contributed by atoms with Gasteiger partial charge in [-0.1, -0.05) is 6.07 Å². The van der Waals surface area contributed by atoms with Gasteiger partial charge in [0.15, 0.2) is 0 Å². The van der Waals surface area contributed by atoms with Gasteiger partial charge in [0.25, 0.3) is 0 Å². The number of hydrogen-bond acceptors (Lipinski definition) is 2. The largest absolute Gasteiger partial charge is 0.311 e. The van der Waals surface area contributed by atoms with Gasteiger partial charge in [-0.15, -0.1) is 11.3 Å². The van der Waals surface area contributed by atoms with Crippen molar-refractivity contribution in [1.29, 1.82) is 0 Å². The molecule has 0 bridgehead atoms. The molecule has 1 aliphatic rings. The average molecular weight is 167 g/mol. The molecule has 1 aromatic heterocycles. The van der Waals surface area contributed by atoms with E-state index in [4.69, 9.17) is 0 Å². The van der Waals surface area contributed by atoms with Crippen molar-refractivity contribution in [3.8, 4) is 0 Å². The van der Waals surface area contributed by atoms with Gasteiger partial charge in [-0.05, 0) is 37.8 Å². The van der Waals surface area contributed by atoms with Gasteiger partial charge in [0.2, 0.25) is 0 Å². The minimum Gasteiger partial charge on any atom is -0.311 e. The van der Waals surface area contributed by atoms with E-state index >= 15 is 0 Å². The van der Waals surface area contributed by atoms with Crippen LogP contribution in [-0.2, 0) is 6.42 Å². The molecule has 0 saturated carbocycles. The van der Waals surface area contributed by atoms with Gasteiger partial charge in [0.1, 0.15) is 0 Å². The van der Waals surface area contributed by atoms with Gasteiger partial charge >= 0.3 is 0 Å². The van der Waals surface area contributed by atoms with Crippen molar-refractivity contribution < 1.29 is 0 Å². The second kappa shape index (κ2) is 2.61. The summed E-state index contributed by atoms with van der Waals surface area (Å²) in [5, 5.41) is 5.62. The highest BCUT2D eigenvalue weighted by atomic mass is 32.1. The third-order valence-electron chi connectivity index (χ3n) is 2.37. The monoisotopic (exact) mass is 167 g/mol. The van der Waals surface area contributed by atoms with Crippen LogP contribution in [0.3, 0.4) is 0 Å². The van der Waals surface area contributed by atoms with Crippen LogP contribution in [0, 0.1) is 0 Å². The molecule has 0 spiro atoms. The summed E-state index contributed by atoms with van der Waals surface area (Å²) in [6.45, 7) is 3.50. The quantitative estimate of drug-likeness (QED) is 0.711. The highest BCUT2D eigenvalue weighted by Gasteiger charge is 2.30. The molecule has 0 aliphatic carbocycles. The molecule has 1 saturated heterocycles. The normalized spacial score (nSPS) is 29.9. The fourth-order valence-electron chi connectivity index (χ4n) is 1.50. The molecule has 2 heteroatoms. The van der Waals surface area contributed by atoms with Crippen molar-refractivity contribution in [2.24, 2.45) is 0 Å². The van der Waals surface area contributed by atoms with Crippen molar-refractivity contribution in [1.82, 2.24) is 5.32 Å². The van der Waals surface area contributed by atoms with Gasteiger partial charge in [-0.3, -0.25) is 0 Å². The van der Waals surface area contributed by atoms with Gasteiger partial charge < -0.3 is 5.32 Å². The molecule has 60 valence electrons. The van der Waals surface area contributed by atoms with Crippen LogP contribution in [0.4, 0.5) is 0 Å². The van der Waals surface area contributed by atoms with E-state index in [0.717, 1.165) is 0 Å². The molecule has 0 amide bonds. The van der Waals surface area contributed by atoms with Crippen LogP contribution in [0.5, 0.6) is 0 Å². The molecule has 1 atom stereocenters. The van der Waals surface area contributed by atoms with Gasteiger partial charge in [0, 0.05) is 10.4 Å². The summed E-state index contributed by atoms with van der Waals surface area (Å²) in [5.74, 6) is 0. The zero-order valence-electron chi connectivity index (χ0n) is 6.76. The molecule has 2 heterocycles. The van der Waals surface area contributed by atoms with Crippen LogP contribution in [0.25, 0.3) is 0 Å². The summed E-state index contributed by atoms with van der Waals surface area (Å²) in [6.07, 6.45) is 2.52. The smallest absolute Gasteiger partial charge is 0.0213 e. The Morgan fingerprint density at radius 1 is 1.73 bits per heavy atom. The Hall–Kier alpha value is -0.340. The maximum atomic E-state index is 3.47. The van der Waals surface area contributed by atoms with Crippen LogP contribution in [-0.4, -0.2) is 12.1 Å². The van der Waals surface area contributed by atoms with E-state index in [1.807, 2.05) is 11.3 Å². The van der Waals surface area contributed by atoms with Crippen molar-refractivity contribution in [2.45, 2.75) is 25.3 Å². The topological polar surface area (TPSA) is 12.0 Å². The molecule has 1 N–H and O–H groups in total. The maximum absolute atomic E-state index is 3.47. The Morgan fingerprint density at radius 3 is 3.00 bits per heavy atom. The Balaban J connectivity index is 2.00. The fraction of sp³-hybridized carbons (Fsp3) is 0.556. The Bertz CT molecular complexity index is 224. The molecule has 1 aromatic rings. The van der Waals surface area contributed by atoms with Crippen LogP contribution >= 0.6 is 11.3 Å². The first kappa shape index (κ1) is 7.32. The van der Waals surface area contributed by atoms with Crippen molar-refractivity contribution in [3.05, 3.63) is 22.4 Å². The molecule has 11 heavy (non-hydrogen) atoms.